The Bertz CT molecular complexity index is 390. The molecule has 0 spiro atoms. The highest BCUT2D eigenvalue weighted by Crippen LogP contribution is 2.21. The Morgan fingerprint density at radius 1 is 1.26 bits per heavy atom. The van der Waals surface area contributed by atoms with E-state index < -0.39 is 0 Å². The summed E-state index contributed by atoms with van der Waals surface area (Å²) in [7, 11) is 0. The third-order valence-electron chi connectivity index (χ3n) is 2.99. The predicted octanol–water partition coefficient (Wildman–Crippen LogP) is 2.64. The molecule has 1 aromatic rings. The van der Waals surface area contributed by atoms with Crippen LogP contribution in [0.3, 0.4) is 0 Å². The van der Waals surface area contributed by atoms with Gasteiger partial charge in [0.15, 0.2) is 0 Å². The van der Waals surface area contributed by atoms with E-state index in [2.05, 4.69) is 10.6 Å². The molecule has 0 saturated carbocycles. The molecule has 0 aromatic heterocycles. The van der Waals surface area contributed by atoms with Crippen LogP contribution in [0.25, 0.3) is 0 Å². The van der Waals surface area contributed by atoms with Gasteiger partial charge in [0, 0.05) is 13.0 Å². The van der Waals surface area contributed by atoms with Crippen molar-refractivity contribution in [3.63, 3.8) is 0 Å². The van der Waals surface area contributed by atoms with E-state index in [0.29, 0.717) is 13.0 Å². The Hall–Kier alpha value is -1.42. The molecule has 3 nitrogen and oxygen atoms in total. The predicted molar refractivity (Wildman–Crippen MR) is 75.3 cm³/mol. The van der Waals surface area contributed by atoms with Gasteiger partial charge in [-0.05, 0) is 30.2 Å². The first-order chi connectivity index (χ1) is 9.04. The van der Waals surface area contributed by atoms with Gasteiger partial charge in [0.25, 0.3) is 0 Å². The molecule has 1 atom stereocenters. The van der Waals surface area contributed by atoms with Crippen LogP contribution in [0.4, 0.5) is 4.39 Å². The number of nitrogens with one attached hydrogen (secondary N) is 2. The maximum atomic E-state index is 12.9. The lowest BCUT2D eigenvalue weighted by Crippen LogP contribution is -2.33. The summed E-state index contributed by atoms with van der Waals surface area (Å²) in [6, 6.07) is 6.23. The smallest absolute Gasteiger partial charge is 0.221 e. The highest BCUT2D eigenvalue weighted by molar-refractivity contribution is 5.76. The quantitative estimate of drug-likeness (QED) is 0.745. The summed E-state index contributed by atoms with van der Waals surface area (Å²) in [4.78, 5) is 11.8. The lowest BCUT2D eigenvalue weighted by molar-refractivity contribution is -0.122. The molecule has 0 aliphatic carbocycles. The molecule has 0 fully saturated rings. The van der Waals surface area contributed by atoms with Crippen molar-refractivity contribution in [1.82, 2.24) is 10.6 Å². The lowest BCUT2D eigenvalue weighted by atomic mass is 9.96. The first kappa shape index (κ1) is 15.6. The number of benzene rings is 1. The van der Waals surface area contributed by atoms with Crippen molar-refractivity contribution in [3.8, 4) is 0 Å². The van der Waals surface area contributed by atoms with Crippen LogP contribution in [-0.2, 0) is 4.79 Å². The number of amides is 1. The van der Waals surface area contributed by atoms with E-state index in [4.69, 9.17) is 0 Å². The summed E-state index contributed by atoms with van der Waals surface area (Å²) in [6.07, 6.45) is 0.457. The molecule has 0 saturated heterocycles. The van der Waals surface area contributed by atoms with Gasteiger partial charge in [0.2, 0.25) is 5.91 Å². The van der Waals surface area contributed by atoms with Crippen molar-refractivity contribution < 1.29 is 9.18 Å². The highest BCUT2D eigenvalue weighted by atomic mass is 19.1. The zero-order valence-corrected chi connectivity index (χ0v) is 11.9. The summed E-state index contributed by atoms with van der Waals surface area (Å²) in [5.74, 6) is 0.0160. The minimum Gasteiger partial charge on any atom is -0.349 e. The fourth-order valence-electron chi connectivity index (χ4n) is 1.93. The van der Waals surface area contributed by atoms with Crippen molar-refractivity contribution in [2.45, 2.75) is 33.2 Å². The van der Waals surface area contributed by atoms with Crippen LogP contribution >= 0.6 is 0 Å². The number of hydrogen-bond donors (Lipinski definition) is 2. The third kappa shape index (κ3) is 5.39. The molecule has 0 radical (unpaired) electrons. The first-order valence-corrected chi connectivity index (χ1v) is 6.80. The van der Waals surface area contributed by atoms with Crippen molar-refractivity contribution in [2.75, 3.05) is 13.1 Å². The van der Waals surface area contributed by atoms with Gasteiger partial charge in [-0.2, -0.15) is 0 Å². The zero-order valence-electron chi connectivity index (χ0n) is 11.9. The Labute approximate surface area is 114 Å². The molecule has 0 heterocycles. The standard InChI is InChI=1S/C15H23FN2O/c1-4-17-10-9-14(19)18-15(11(2)3)12-5-7-13(16)8-6-12/h5-8,11,15,17H,4,9-10H2,1-3H3,(H,18,19). The average Bonchev–Trinajstić information content (AvgIpc) is 2.37. The SMILES string of the molecule is CCNCCC(=O)NC(c1ccc(F)cc1)C(C)C. The van der Waals surface area contributed by atoms with Gasteiger partial charge in [-0.1, -0.05) is 32.9 Å². The molecule has 1 unspecified atom stereocenters. The van der Waals surface area contributed by atoms with Gasteiger partial charge < -0.3 is 10.6 Å². The molecular formula is C15H23FN2O. The topological polar surface area (TPSA) is 41.1 Å². The van der Waals surface area contributed by atoms with Crippen molar-refractivity contribution in [1.29, 1.82) is 0 Å². The molecule has 1 amide bonds. The molecule has 2 N–H and O–H groups in total. The number of halogens is 1. The molecule has 4 heteroatoms. The van der Waals surface area contributed by atoms with E-state index >= 15 is 0 Å². The fraction of sp³-hybridized carbons (Fsp3) is 0.533. The third-order valence-corrected chi connectivity index (χ3v) is 2.99. The van der Waals surface area contributed by atoms with E-state index in [1.165, 1.54) is 12.1 Å². The van der Waals surface area contributed by atoms with Gasteiger partial charge in [-0.15, -0.1) is 0 Å². The second-order valence-electron chi connectivity index (χ2n) is 4.94. The van der Waals surface area contributed by atoms with E-state index in [1.807, 2.05) is 20.8 Å². The number of carbonyl (C=O) groups excluding carboxylic acids is 1. The van der Waals surface area contributed by atoms with Crippen LogP contribution in [0.1, 0.15) is 38.8 Å². The van der Waals surface area contributed by atoms with Crippen LogP contribution in [0.15, 0.2) is 24.3 Å². The summed E-state index contributed by atoms with van der Waals surface area (Å²) in [6.45, 7) is 7.62. The first-order valence-electron chi connectivity index (χ1n) is 6.80. The van der Waals surface area contributed by atoms with Gasteiger partial charge in [-0.25, -0.2) is 4.39 Å². The molecule has 19 heavy (non-hydrogen) atoms. The van der Waals surface area contributed by atoms with Crippen LogP contribution in [0, 0.1) is 11.7 Å². The highest BCUT2D eigenvalue weighted by Gasteiger charge is 2.17. The van der Waals surface area contributed by atoms with Gasteiger partial charge in [-0.3, -0.25) is 4.79 Å². The van der Waals surface area contributed by atoms with E-state index in [-0.39, 0.29) is 23.7 Å². The molecule has 0 bridgehead atoms. The lowest BCUT2D eigenvalue weighted by Gasteiger charge is -2.23. The van der Waals surface area contributed by atoms with Crippen molar-refractivity contribution in [3.05, 3.63) is 35.6 Å². The Morgan fingerprint density at radius 2 is 1.89 bits per heavy atom. The fourth-order valence-corrected chi connectivity index (χ4v) is 1.93. The van der Waals surface area contributed by atoms with Gasteiger partial charge >= 0.3 is 0 Å². The van der Waals surface area contributed by atoms with Crippen LogP contribution in [0.2, 0.25) is 0 Å². The normalized spacial score (nSPS) is 12.5. The number of rotatable bonds is 7. The largest absolute Gasteiger partial charge is 0.349 e. The van der Waals surface area contributed by atoms with Crippen LogP contribution in [-0.4, -0.2) is 19.0 Å². The number of carbonyl (C=O) groups is 1. The second kappa shape index (κ2) is 7.89. The number of hydrogen-bond acceptors (Lipinski definition) is 2. The summed E-state index contributed by atoms with van der Waals surface area (Å²) < 4.78 is 12.9. The minimum absolute atomic E-state index is 0.0176. The Balaban J connectivity index is 2.63. The Kier molecular flexibility index (Phi) is 6.50. The summed E-state index contributed by atoms with van der Waals surface area (Å²) in [5.41, 5.74) is 0.938. The monoisotopic (exact) mass is 266 g/mol. The van der Waals surface area contributed by atoms with Crippen molar-refractivity contribution in [2.24, 2.45) is 5.92 Å². The second-order valence-corrected chi connectivity index (χ2v) is 4.94. The van der Waals surface area contributed by atoms with Gasteiger partial charge in [0.1, 0.15) is 5.82 Å². The van der Waals surface area contributed by atoms with Gasteiger partial charge in [0.05, 0.1) is 6.04 Å². The maximum Gasteiger partial charge on any atom is 0.221 e. The van der Waals surface area contributed by atoms with E-state index in [1.54, 1.807) is 12.1 Å². The molecule has 106 valence electrons. The summed E-state index contributed by atoms with van der Waals surface area (Å²) >= 11 is 0. The van der Waals surface area contributed by atoms with E-state index in [0.717, 1.165) is 12.1 Å². The maximum absolute atomic E-state index is 12.9. The molecular weight excluding hydrogens is 243 g/mol. The Morgan fingerprint density at radius 3 is 2.42 bits per heavy atom. The molecule has 1 rings (SSSR count). The summed E-state index contributed by atoms with van der Waals surface area (Å²) in [5, 5.41) is 6.13. The van der Waals surface area contributed by atoms with E-state index in [9.17, 15) is 9.18 Å². The van der Waals surface area contributed by atoms with Crippen LogP contribution < -0.4 is 10.6 Å². The molecule has 0 aliphatic heterocycles. The average molecular weight is 266 g/mol. The molecule has 1 aromatic carbocycles. The minimum atomic E-state index is -0.260. The zero-order chi connectivity index (χ0) is 14.3. The van der Waals surface area contributed by atoms with Crippen LogP contribution in [0.5, 0.6) is 0 Å². The molecule has 0 aliphatic rings. The van der Waals surface area contributed by atoms with Crippen molar-refractivity contribution >= 4 is 5.91 Å².